The summed E-state index contributed by atoms with van der Waals surface area (Å²) in [5, 5.41) is 0. The second kappa shape index (κ2) is 16.3. The SMILES string of the molecule is CCCCCCCCOC(=O)/C=C/C(=O)OCCC[Si](O[Si](C)(C)C)(O[Si](C)(C)C)O[Si](C)(C)C. The van der Waals surface area contributed by atoms with E-state index in [2.05, 4.69) is 65.8 Å². The van der Waals surface area contributed by atoms with E-state index in [1.54, 1.807) is 0 Å². The number of unbranched alkanes of at least 4 members (excludes halogenated alkanes) is 5. The highest BCUT2D eigenvalue weighted by atomic mass is 28.5. The van der Waals surface area contributed by atoms with Crippen LogP contribution in [0.3, 0.4) is 0 Å². The van der Waals surface area contributed by atoms with Gasteiger partial charge >= 0.3 is 20.7 Å². The van der Waals surface area contributed by atoms with Gasteiger partial charge in [0.25, 0.3) is 0 Å². The largest absolute Gasteiger partial charge is 0.469 e. The van der Waals surface area contributed by atoms with Crippen LogP contribution < -0.4 is 0 Å². The molecule has 0 aromatic carbocycles. The third-order valence-corrected chi connectivity index (χ3v) is 16.4. The van der Waals surface area contributed by atoms with Crippen LogP contribution in [0.4, 0.5) is 0 Å². The predicted octanol–water partition coefficient (Wildman–Crippen LogP) is 6.87. The highest BCUT2D eigenvalue weighted by molar-refractivity contribution is 6.90. The highest BCUT2D eigenvalue weighted by Crippen LogP contribution is 2.29. The zero-order valence-corrected chi connectivity index (χ0v) is 28.1. The first kappa shape index (κ1) is 34.4. The first-order valence-electron chi connectivity index (χ1n) is 13.1. The van der Waals surface area contributed by atoms with Crippen molar-refractivity contribution in [2.75, 3.05) is 13.2 Å². The molecule has 0 spiro atoms. The lowest BCUT2D eigenvalue weighted by molar-refractivity contribution is -0.140. The first-order valence-corrected chi connectivity index (χ1v) is 25.2. The number of esters is 2. The Morgan fingerprint density at radius 3 is 1.34 bits per heavy atom. The molecule has 0 aliphatic carbocycles. The van der Waals surface area contributed by atoms with E-state index >= 15 is 0 Å². The molecular formula is C24H52O7Si4. The third-order valence-electron chi connectivity index (χ3n) is 4.35. The van der Waals surface area contributed by atoms with Gasteiger partial charge in [-0.25, -0.2) is 9.59 Å². The number of hydrogen-bond donors (Lipinski definition) is 0. The molecule has 0 saturated heterocycles. The molecular weight excluding hydrogens is 513 g/mol. The van der Waals surface area contributed by atoms with Crippen LogP contribution in [-0.4, -0.2) is 58.9 Å². The van der Waals surface area contributed by atoms with Gasteiger partial charge in [0, 0.05) is 18.2 Å². The molecule has 0 radical (unpaired) electrons. The van der Waals surface area contributed by atoms with Crippen molar-refractivity contribution >= 4 is 45.7 Å². The monoisotopic (exact) mass is 564 g/mol. The van der Waals surface area contributed by atoms with Crippen LogP contribution >= 0.6 is 0 Å². The van der Waals surface area contributed by atoms with Gasteiger partial charge in [-0.2, -0.15) is 0 Å². The van der Waals surface area contributed by atoms with Crippen molar-refractivity contribution in [1.82, 2.24) is 0 Å². The summed E-state index contributed by atoms with van der Waals surface area (Å²) >= 11 is 0. The number of ether oxygens (including phenoxy) is 2. The van der Waals surface area contributed by atoms with Crippen LogP contribution in [0.25, 0.3) is 0 Å². The number of rotatable bonds is 19. The quantitative estimate of drug-likeness (QED) is 0.0732. The second-order valence-corrected chi connectivity index (χ2v) is 28.9. The van der Waals surface area contributed by atoms with Crippen molar-refractivity contribution in [3.8, 4) is 0 Å². The van der Waals surface area contributed by atoms with E-state index < -0.39 is 45.7 Å². The van der Waals surface area contributed by atoms with Gasteiger partial charge in [0.1, 0.15) is 0 Å². The van der Waals surface area contributed by atoms with Gasteiger partial charge in [-0.3, -0.25) is 0 Å². The molecule has 0 bridgehead atoms. The Hall–Kier alpha value is -0.572. The molecule has 0 fully saturated rings. The third kappa shape index (κ3) is 21.2. The molecule has 0 aliphatic heterocycles. The Labute approximate surface area is 219 Å². The van der Waals surface area contributed by atoms with Crippen molar-refractivity contribution in [2.45, 2.75) is 117 Å². The molecule has 35 heavy (non-hydrogen) atoms. The lowest BCUT2D eigenvalue weighted by Crippen LogP contribution is -2.60. The Morgan fingerprint density at radius 1 is 0.571 bits per heavy atom. The summed E-state index contributed by atoms with van der Waals surface area (Å²) in [5.74, 6) is -1.07. The van der Waals surface area contributed by atoms with E-state index in [1.165, 1.54) is 19.3 Å². The summed E-state index contributed by atoms with van der Waals surface area (Å²) in [4.78, 5) is 23.8. The van der Waals surface area contributed by atoms with Crippen molar-refractivity contribution in [2.24, 2.45) is 0 Å². The number of hydrogen-bond acceptors (Lipinski definition) is 7. The van der Waals surface area contributed by atoms with Gasteiger partial charge in [-0.1, -0.05) is 39.0 Å². The molecule has 0 amide bonds. The van der Waals surface area contributed by atoms with Gasteiger partial charge < -0.3 is 21.8 Å². The van der Waals surface area contributed by atoms with E-state index in [9.17, 15) is 9.59 Å². The lowest BCUT2D eigenvalue weighted by Gasteiger charge is -2.42. The van der Waals surface area contributed by atoms with E-state index in [-0.39, 0.29) is 6.61 Å². The summed E-state index contributed by atoms with van der Waals surface area (Å²) in [6.07, 6.45) is 9.57. The van der Waals surface area contributed by atoms with E-state index in [0.29, 0.717) is 19.1 Å². The summed E-state index contributed by atoms with van der Waals surface area (Å²) < 4.78 is 30.3. The van der Waals surface area contributed by atoms with Crippen molar-refractivity contribution < 1.29 is 31.4 Å². The lowest BCUT2D eigenvalue weighted by atomic mass is 10.1. The number of carbonyl (C=O) groups is 2. The molecule has 0 aromatic rings. The molecule has 0 unspecified atom stereocenters. The topological polar surface area (TPSA) is 80.3 Å². The van der Waals surface area contributed by atoms with Gasteiger partial charge in [-0.15, -0.1) is 0 Å². The van der Waals surface area contributed by atoms with E-state index in [0.717, 1.165) is 31.4 Å². The molecule has 7 nitrogen and oxygen atoms in total. The Balaban J connectivity index is 4.70. The smallest absolute Gasteiger partial charge is 0.463 e. The van der Waals surface area contributed by atoms with Crippen LogP contribution in [0.15, 0.2) is 12.2 Å². The summed E-state index contributed by atoms with van der Waals surface area (Å²) in [6, 6.07) is 0.600. The summed E-state index contributed by atoms with van der Waals surface area (Å²) in [6.45, 7) is 22.1. The van der Waals surface area contributed by atoms with Crippen LogP contribution in [0.2, 0.25) is 65.0 Å². The molecule has 11 heteroatoms. The minimum atomic E-state index is -2.94. The molecule has 0 heterocycles. The van der Waals surface area contributed by atoms with Crippen LogP contribution in [0.1, 0.15) is 51.9 Å². The zero-order valence-electron chi connectivity index (χ0n) is 24.1. The fourth-order valence-electron chi connectivity index (χ4n) is 3.36. The minimum Gasteiger partial charge on any atom is -0.463 e. The molecule has 0 aliphatic rings. The first-order chi connectivity index (χ1) is 16.0. The minimum absolute atomic E-state index is 0.212. The molecule has 206 valence electrons. The van der Waals surface area contributed by atoms with Crippen LogP contribution in [0.5, 0.6) is 0 Å². The van der Waals surface area contributed by atoms with Gasteiger partial charge in [0.05, 0.1) is 13.2 Å². The predicted molar refractivity (Wildman–Crippen MR) is 153 cm³/mol. The normalized spacial score (nSPS) is 13.3. The fraction of sp³-hybridized carbons (Fsp3) is 0.833. The summed E-state index contributed by atoms with van der Waals surface area (Å²) in [5.41, 5.74) is 0. The van der Waals surface area contributed by atoms with Gasteiger partial charge in [-0.05, 0) is 71.8 Å². The zero-order chi connectivity index (χ0) is 27.2. The fourth-order valence-corrected chi connectivity index (χ4v) is 18.0. The summed E-state index contributed by atoms with van der Waals surface area (Å²) in [7, 11) is -8.75. The maximum atomic E-state index is 12.1. The van der Waals surface area contributed by atoms with Crippen molar-refractivity contribution in [3.63, 3.8) is 0 Å². The Kier molecular flexibility index (Phi) is 16.0. The molecule has 0 saturated carbocycles. The standard InChI is InChI=1S/C24H52O7Si4/c1-11-12-13-14-15-16-20-27-23(25)18-19-24(26)28-21-17-22-35(29-32(2,3)4,30-33(5,6)7)31-34(8,9)10/h18-19H,11-17,20-22H2,1-10H3/b19-18+. The van der Waals surface area contributed by atoms with Crippen molar-refractivity contribution in [1.29, 1.82) is 0 Å². The van der Waals surface area contributed by atoms with Crippen molar-refractivity contribution in [3.05, 3.63) is 12.2 Å². The Bertz CT molecular complexity index is 609. The number of carbonyl (C=O) groups excluding carboxylic acids is 2. The van der Waals surface area contributed by atoms with Crippen LogP contribution in [-0.2, 0) is 31.4 Å². The maximum absolute atomic E-state index is 12.1. The molecule has 0 atom stereocenters. The Morgan fingerprint density at radius 2 is 0.943 bits per heavy atom. The molecule has 0 aromatic heterocycles. The maximum Gasteiger partial charge on any atom is 0.469 e. The van der Waals surface area contributed by atoms with E-state index in [4.69, 9.17) is 21.8 Å². The van der Waals surface area contributed by atoms with Gasteiger partial charge in [0.15, 0.2) is 25.0 Å². The average Bonchev–Trinajstić information content (AvgIpc) is 2.65. The van der Waals surface area contributed by atoms with E-state index in [1.807, 2.05) is 0 Å². The highest BCUT2D eigenvalue weighted by Gasteiger charge is 2.49. The van der Waals surface area contributed by atoms with Gasteiger partial charge in [0.2, 0.25) is 0 Å². The average molecular weight is 565 g/mol. The molecule has 0 N–H and O–H groups in total. The molecule has 0 rings (SSSR count). The second-order valence-electron chi connectivity index (χ2n) is 11.9. The van der Waals surface area contributed by atoms with Crippen LogP contribution in [0, 0.1) is 0 Å².